The van der Waals surface area contributed by atoms with Crippen molar-refractivity contribution in [2.45, 2.75) is 72.5 Å². The fraction of sp³-hybridized carbons (Fsp3) is 0.800. The summed E-state index contributed by atoms with van der Waals surface area (Å²) >= 11 is 0. The Morgan fingerprint density at radius 1 is 0.867 bits per heavy atom. The van der Waals surface area contributed by atoms with Crippen LogP contribution in [0, 0.1) is 5.92 Å². The minimum Gasteiger partial charge on any atom is -0.481 e. The number of aliphatic carboxylic acids is 1. The lowest BCUT2D eigenvalue weighted by Gasteiger charge is -2.25. The average Bonchev–Trinajstić information content (AvgIpc) is 2.54. The first kappa shape index (κ1) is 27.5. The molecule has 0 saturated carbocycles. The number of carboxylic acids is 1. The predicted octanol–water partition coefficient (Wildman–Crippen LogP) is 2.37. The number of hydrogen-bond donors (Lipinski definition) is 3. The van der Waals surface area contributed by atoms with E-state index >= 15 is 0 Å². The molecular weight excluding hydrogens is 394 g/mol. The summed E-state index contributed by atoms with van der Waals surface area (Å²) in [6.45, 7) is 12.7. The van der Waals surface area contributed by atoms with Gasteiger partial charge in [0.15, 0.2) is 0 Å². The third kappa shape index (κ3) is 14.5. The van der Waals surface area contributed by atoms with E-state index in [1.165, 1.54) is 11.8 Å². The van der Waals surface area contributed by atoms with Crippen LogP contribution in [0.25, 0.3) is 0 Å². The topological polar surface area (TPSA) is 134 Å². The Hall–Kier alpha value is -2.52. The van der Waals surface area contributed by atoms with Crippen molar-refractivity contribution in [1.82, 2.24) is 15.5 Å². The molecule has 0 rings (SSSR count). The van der Waals surface area contributed by atoms with Gasteiger partial charge in [-0.05, 0) is 48.0 Å². The maximum Gasteiger partial charge on any atom is 0.407 e. The number of ether oxygens (including phenoxy) is 2. The van der Waals surface area contributed by atoms with E-state index in [1.54, 1.807) is 41.5 Å². The first-order chi connectivity index (χ1) is 13.6. The molecule has 0 aliphatic heterocycles. The molecule has 3 amide bonds. The highest BCUT2D eigenvalue weighted by molar-refractivity contribution is 5.77. The summed E-state index contributed by atoms with van der Waals surface area (Å²) in [7, 11) is 0. The number of hydrogen-bond acceptors (Lipinski definition) is 6. The van der Waals surface area contributed by atoms with Gasteiger partial charge >= 0.3 is 18.2 Å². The van der Waals surface area contributed by atoms with Gasteiger partial charge < -0.3 is 30.1 Å². The second-order valence-electron chi connectivity index (χ2n) is 9.02. The van der Waals surface area contributed by atoms with E-state index in [2.05, 4.69) is 10.6 Å². The number of amides is 3. The number of rotatable bonds is 10. The number of carbonyl (C=O) groups excluding carboxylic acids is 3. The van der Waals surface area contributed by atoms with Crippen LogP contribution in [0.2, 0.25) is 0 Å². The third-order valence-electron chi connectivity index (χ3n) is 3.67. The summed E-state index contributed by atoms with van der Waals surface area (Å²) < 4.78 is 10.3. The van der Waals surface area contributed by atoms with Crippen molar-refractivity contribution in [3.8, 4) is 0 Å². The van der Waals surface area contributed by atoms with Crippen LogP contribution in [0.15, 0.2) is 0 Å². The predicted molar refractivity (Wildman–Crippen MR) is 111 cm³/mol. The molecule has 0 aromatic rings. The first-order valence-electron chi connectivity index (χ1n) is 10.0. The lowest BCUT2D eigenvalue weighted by atomic mass is 10.1. The zero-order chi connectivity index (χ0) is 23.5. The number of nitrogens with one attached hydrogen (secondary N) is 2. The van der Waals surface area contributed by atoms with Gasteiger partial charge in [-0.15, -0.1) is 0 Å². The second kappa shape index (κ2) is 12.2. The van der Waals surface area contributed by atoms with Crippen LogP contribution in [-0.2, 0) is 19.1 Å². The highest BCUT2D eigenvalue weighted by Gasteiger charge is 2.20. The monoisotopic (exact) mass is 431 g/mol. The van der Waals surface area contributed by atoms with Crippen molar-refractivity contribution in [2.24, 2.45) is 5.92 Å². The molecule has 0 radical (unpaired) electrons. The van der Waals surface area contributed by atoms with Crippen LogP contribution in [0.4, 0.5) is 9.59 Å². The zero-order valence-electron chi connectivity index (χ0n) is 19.2. The Balaban J connectivity index is 4.71. The molecular formula is C20H37N3O7. The molecule has 0 bridgehead atoms. The molecule has 0 unspecified atom stereocenters. The van der Waals surface area contributed by atoms with Crippen molar-refractivity contribution < 1.29 is 33.8 Å². The van der Waals surface area contributed by atoms with Crippen LogP contribution in [0.3, 0.4) is 0 Å². The van der Waals surface area contributed by atoms with Crippen molar-refractivity contribution in [3.05, 3.63) is 0 Å². The number of carboxylic acid groups (broad SMARTS) is 1. The van der Waals surface area contributed by atoms with Crippen molar-refractivity contribution in [2.75, 3.05) is 26.2 Å². The molecule has 0 spiro atoms. The van der Waals surface area contributed by atoms with Gasteiger partial charge in [-0.25, -0.2) is 9.59 Å². The van der Waals surface area contributed by atoms with Gasteiger partial charge in [0.05, 0.1) is 5.92 Å². The van der Waals surface area contributed by atoms with Gasteiger partial charge in [0.25, 0.3) is 0 Å². The highest BCUT2D eigenvalue weighted by atomic mass is 16.6. The minimum absolute atomic E-state index is 0.0480. The summed E-state index contributed by atoms with van der Waals surface area (Å²) in [6, 6.07) is 0. The quantitative estimate of drug-likeness (QED) is 0.483. The van der Waals surface area contributed by atoms with E-state index in [9.17, 15) is 19.2 Å². The van der Waals surface area contributed by atoms with Crippen LogP contribution >= 0.6 is 0 Å². The van der Waals surface area contributed by atoms with Crippen molar-refractivity contribution >= 4 is 24.1 Å². The van der Waals surface area contributed by atoms with E-state index in [0.717, 1.165) is 0 Å². The first-order valence-corrected chi connectivity index (χ1v) is 10.0. The highest BCUT2D eigenvalue weighted by Crippen LogP contribution is 2.09. The Kier molecular flexibility index (Phi) is 11.2. The summed E-state index contributed by atoms with van der Waals surface area (Å²) in [4.78, 5) is 48.5. The lowest BCUT2D eigenvalue weighted by molar-refractivity contribution is -0.141. The number of carbonyl (C=O) groups is 4. The fourth-order valence-electron chi connectivity index (χ4n) is 2.20. The van der Waals surface area contributed by atoms with Crippen molar-refractivity contribution in [3.63, 3.8) is 0 Å². The van der Waals surface area contributed by atoms with E-state index in [4.69, 9.17) is 14.6 Å². The van der Waals surface area contributed by atoms with Crippen LogP contribution in [0.5, 0.6) is 0 Å². The average molecular weight is 432 g/mol. The molecule has 0 aromatic heterocycles. The van der Waals surface area contributed by atoms with E-state index in [-0.39, 0.29) is 44.9 Å². The maximum absolute atomic E-state index is 12.5. The van der Waals surface area contributed by atoms with Gasteiger partial charge in [0, 0.05) is 32.6 Å². The molecule has 3 N–H and O–H groups in total. The van der Waals surface area contributed by atoms with E-state index in [1.807, 2.05) is 0 Å². The van der Waals surface area contributed by atoms with Gasteiger partial charge in [0.1, 0.15) is 11.2 Å². The molecule has 0 heterocycles. The van der Waals surface area contributed by atoms with E-state index < -0.39 is 35.3 Å². The molecule has 0 saturated heterocycles. The summed E-state index contributed by atoms with van der Waals surface area (Å²) in [6.07, 6.45) is -0.946. The summed E-state index contributed by atoms with van der Waals surface area (Å²) in [5.41, 5.74) is -1.27. The van der Waals surface area contributed by atoms with Crippen LogP contribution < -0.4 is 10.6 Å². The molecule has 10 heteroatoms. The maximum atomic E-state index is 12.5. The number of nitrogens with zero attached hydrogens (tertiary/aromatic N) is 1. The smallest absolute Gasteiger partial charge is 0.407 e. The number of alkyl carbamates (subject to hydrolysis) is 2. The van der Waals surface area contributed by atoms with Crippen LogP contribution in [-0.4, -0.2) is 71.5 Å². The molecule has 0 aromatic carbocycles. The summed E-state index contributed by atoms with van der Waals surface area (Å²) in [5, 5.41) is 14.1. The van der Waals surface area contributed by atoms with Crippen LogP contribution in [0.1, 0.15) is 61.3 Å². The molecule has 30 heavy (non-hydrogen) atoms. The standard InChI is InChI=1S/C20H37N3O7/c1-14(16(25)26)8-9-15(24)23(12-10-21-17(27)29-19(2,3)4)13-11-22-18(28)30-20(5,6)7/h14H,8-13H2,1-7H3,(H,21,27)(H,22,28)(H,25,26)/t14-/m0/s1. The zero-order valence-corrected chi connectivity index (χ0v) is 19.2. The third-order valence-corrected chi connectivity index (χ3v) is 3.67. The van der Waals surface area contributed by atoms with Gasteiger partial charge in [-0.2, -0.15) is 0 Å². The molecule has 0 aliphatic carbocycles. The Labute approximate surface area is 178 Å². The molecule has 174 valence electrons. The largest absolute Gasteiger partial charge is 0.481 e. The molecule has 0 fully saturated rings. The second-order valence-corrected chi connectivity index (χ2v) is 9.02. The Morgan fingerprint density at radius 2 is 1.27 bits per heavy atom. The SMILES string of the molecule is C[C@@H](CCC(=O)N(CCNC(=O)OC(C)(C)C)CCNC(=O)OC(C)(C)C)C(=O)O. The molecule has 1 atom stereocenters. The van der Waals surface area contributed by atoms with Crippen molar-refractivity contribution in [1.29, 1.82) is 0 Å². The Morgan fingerprint density at radius 3 is 1.60 bits per heavy atom. The minimum atomic E-state index is -0.965. The molecule has 10 nitrogen and oxygen atoms in total. The summed E-state index contributed by atoms with van der Waals surface area (Å²) in [5.74, 6) is -1.87. The van der Waals surface area contributed by atoms with Gasteiger partial charge in [-0.1, -0.05) is 6.92 Å². The van der Waals surface area contributed by atoms with Gasteiger partial charge in [-0.3, -0.25) is 9.59 Å². The lowest BCUT2D eigenvalue weighted by Crippen LogP contribution is -2.44. The fourth-order valence-corrected chi connectivity index (χ4v) is 2.20. The van der Waals surface area contributed by atoms with E-state index in [0.29, 0.717) is 0 Å². The van der Waals surface area contributed by atoms with Gasteiger partial charge in [0.2, 0.25) is 5.91 Å². The Bertz CT molecular complexity index is 560. The normalized spacial score (nSPS) is 12.5. The molecule has 0 aliphatic rings.